The minimum absolute atomic E-state index is 0.105. The molecule has 1 aliphatic carbocycles. The smallest absolute Gasteiger partial charge is 0.262 e. The average Bonchev–Trinajstić information content (AvgIpc) is 3.44. The summed E-state index contributed by atoms with van der Waals surface area (Å²) in [5.74, 6) is 0.206. The maximum absolute atomic E-state index is 12.3. The molecule has 0 saturated heterocycles. The predicted octanol–water partition coefficient (Wildman–Crippen LogP) is 3.16. The highest BCUT2D eigenvalue weighted by Crippen LogP contribution is 2.21. The monoisotopic (exact) mass is 338 g/mol. The molecule has 25 heavy (non-hydrogen) atoms. The number of carbonyl (C=O) groups excluding carboxylic acids is 2. The number of para-hydroxylation sites is 1. The summed E-state index contributed by atoms with van der Waals surface area (Å²) >= 11 is 0. The molecule has 0 aliphatic heterocycles. The topological polar surface area (TPSA) is 67.4 Å². The molecule has 0 heterocycles. The quantitative estimate of drug-likeness (QED) is 0.815. The van der Waals surface area contributed by atoms with Crippen molar-refractivity contribution in [1.29, 1.82) is 0 Å². The largest absolute Gasteiger partial charge is 0.484 e. The predicted molar refractivity (Wildman–Crippen MR) is 96.9 cm³/mol. The second-order valence-electron chi connectivity index (χ2n) is 6.13. The molecular formula is C20H22N2O3. The van der Waals surface area contributed by atoms with E-state index in [0.29, 0.717) is 17.0 Å². The van der Waals surface area contributed by atoms with Gasteiger partial charge in [-0.2, -0.15) is 0 Å². The van der Waals surface area contributed by atoms with Crippen LogP contribution < -0.4 is 15.4 Å². The molecule has 3 rings (SSSR count). The van der Waals surface area contributed by atoms with E-state index < -0.39 is 0 Å². The van der Waals surface area contributed by atoms with Crippen LogP contribution in [0.4, 0.5) is 5.69 Å². The fourth-order valence-electron chi connectivity index (χ4n) is 2.47. The number of hydrogen-bond donors (Lipinski definition) is 2. The highest BCUT2D eigenvalue weighted by atomic mass is 16.5. The van der Waals surface area contributed by atoms with Gasteiger partial charge in [-0.05, 0) is 49.1 Å². The molecule has 130 valence electrons. The second-order valence-corrected chi connectivity index (χ2v) is 6.13. The van der Waals surface area contributed by atoms with E-state index in [1.54, 1.807) is 24.3 Å². The van der Waals surface area contributed by atoms with E-state index in [1.807, 2.05) is 24.3 Å². The molecule has 0 unspecified atom stereocenters. The first kappa shape index (κ1) is 17.0. The fourth-order valence-corrected chi connectivity index (χ4v) is 2.47. The van der Waals surface area contributed by atoms with Crippen molar-refractivity contribution in [2.75, 3.05) is 11.9 Å². The summed E-state index contributed by atoms with van der Waals surface area (Å²) in [4.78, 5) is 24.4. The van der Waals surface area contributed by atoms with Gasteiger partial charge >= 0.3 is 0 Å². The van der Waals surface area contributed by atoms with E-state index in [4.69, 9.17) is 4.74 Å². The summed E-state index contributed by atoms with van der Waals surface area (Å²) in [5.41, 5.74) is 2.12. The second kappa shape index (κ2) is 7.83. The van der Waals surface area contributed by atoms with Crippen LogP contribution in [-0.2, 0) is 11.2 Å². The van der Waals surface area contributed by atoms with Crippen LogP contribution in [0.25, 0.3) is 0 Å². The Balaban J connectivity index is 1.59. The molecule has 5 heteroatoms. The van der Waals surface area contributed by atoms with Gasteiger partial charge in [-0.25, -0.2) is 0 Å². The van der Waals surface area contributed by atoms with Gasteiger partial charge in [0.25, 0.3) is 11.8 Å². The van der Waals surface area contributed by atoms with Crippen LogP contribution in [0.1, 0.15) is 35.7 Å². The van der Waals surface area contributed by atoms with E-state index in [1.165, 1.54) is 0 Å². The van der Waals surface area contributed by atoms with Crippen molar-refractivity contribution >= 4 is 17.5 Å². The van der Waals surface area contributed by atoms with Crippen LogP contribution >= 0.6 is 0 Å². The van der Waals surface area contributed by atoms with Crippen molar-refractivity contribution in [3.05, 3.63) is 59.7 Å². The Kier molecular flexibility index (Phi) is 5.33. The summed E-state index contributed by atoms with van der Waals surface area (Å²) < 4.78 is 5.54. The van der Waals surface area contributed by atoms with Crippen LogP contribution in [-0.4, -0.2) is 24.5 Å². The number of carbonyl (C=O) groups is 2. The molecule has 2 aromatic carbocycles. The van der Waals surface area contributed by atoms with Crippen molar-refractivity contribution in [1.82, 2.24) is 5.32 Å². The summed E-state index contributed by atoms with van der Waals surface area (Å²) in [5, 5.41) is 5.69. The van der Waals surface area contributed by atoms with Gasteiger partial charge in [0.15, 0.2) is 6.61 Å². The Bertz CT molecular complexity index is 769. The molecule has 2 N–H and O–H groups in total. The average molecular weight is 338 g/mol. The number of anilines is 1. The van der Waals surface area contributed by atoms with Gasteiger partial charge in [-0.1, -0.05) is 31.2 Å². The number of benzene rings is 2. The van der Waals surface area contributed by atoms with E-state index in [2.05, 4.69) is 17.6 Å². The molecule has 2 amide bonds. The molecule has 0 atom stereocenters. The lowest BCUT2D eigenvalue weighted by Crippen LogP contribution is -2.28. The number of hydrogen-bond acceptors (Lipinski definition) is 3. The number of nitrogens with one attached hydrogen (secondary N) is 2. The number of rotatable bonds is 7. The molecule has 2 aromatic rings. The number of amides is 2. The van der Waals surface area contributed by atoms with Gasteiger partial charge in [-0.15, -0.1) is 0 Å². The first-order valence-electron chi connectivity index (χ1n) is 8.57. The molecular weight excluding hydrogens is 316 g/mol. The summed E-state index contributed by atoms with van der Waals surface area (Å²) in [6.45, 7) is 1.96. The van der Waals surface area contributed by atoms with Crippen molar-refractivity contribution in [2.45, 2.75) is 32.2 Å². The van der Waals surface area contributed by atoms with Crippen LogP contribution in [0.15, 0.2) is 48.5 Å². The van der Waals surface area contributed by atoms with Crippen LogP contribution in [0.5, 0.6) is 5.75 Å². The van der Waals surface area contributed by atoms with Gasteiger partial charge in [0, 0.05) is 6.04 Å². The van der Waals surface area contributed by atoms with Gasteiger partial charge in [0.05, 0.1) is 11.3 Å². The summed E-state index contributed by atoms with van der Waals surface area (Å²) in [6.07, 6.45) is 2.95. The van der Waals surface area contributed by atoms with Gasteiger partial charge in [-0.3, -0.25) is 9.59 Å². The summed E-state index contributed by atoms with van der Waals surface area (Å²) in [6, 6.07) is 14.9. The molecule has 0 radical (unpaired) electrons. The third-order valence-corrected chi connectivity index (χ3v) is 4.03. The molecule has 0 spiro atoms. The van der Waals surface area contributed by atoms with E-state index >= 15 is 0 Å². The Labute approximate surface area is 147 Å². The molecule has 0 aromatic heterocycles. The summed E-state index contributed by atoms with van der Waals surface area (Å²) in [7, 11) is 0. The molecule has 5 nitrogen and oxygen atoms in total. The van der Waals surface area contributed by atoms with Gasteiger partial charge < -0.3 is 15.4 Å². The van der Waals surface area contributed by atoms with Crippen molar-refractivity contribution in [3.63, 3.8) is 0 Å². The molecule has 1 fully saturated rings. The lowest BCUT2D eigenvalue weighted by Gasteiger charge is -2.12. The van der Waals surface area contributed by atoms with Crippen molar-refractivity contribution < 1.29 is 14.3 Å². The maximum Gasteiger partial charge on any atom is 0.262 e. The number of ether oxygens (including phenoxy) is 1. The van der Waals surface area contributed by atoms with Gasteiger partial charge in [0.2, 0.25) is 0 Å². The Morgan fingerprint density at radius 1 is 1.12 bits per heavy atom. The Morgan fingerprint density at radius 2 is 1.92 bits per heavy atom. The normalized spacial score (nSPS) is 13.2. The molecule has 0 bridgehead atoms. The minimum atomic E-state index is -0.298. The SMILES string of the molecule is CCc1cccc(OCC(=O)Nc2ccccc2C(=O)NC2CC2)c1. The van der Waals surface area contributed by atoms with Crippen molar-refractivity contribution in [3.8, 4) is 5.75 Å². The first-order chi connectivity index (χ1) is 12.2. The molecule has 1 aliphatic rings. The van der Waals surface area contributed by atoms with Crippen LogP contribution in [0, 0.1) is 0 Å². The number of aryl methyl sites for hydroxylation is 1. The van der Waals surface area contributed by atoms with Crippen LogP contribution in [0.3, 0.4) is 0 Å². The van der Waals surface area contributed by atoms with Crippen LogP contribution in [0.2, 0.25) is 0 Å². The first-order valence-corrected chi connectivity index (χ1v) is 8.57. The van der Waals surface area contributed by atoms with E-state index in [9.17, 15) is 9.59 Å². The third kappa shape index (κ3) is 4.83. The third-order valence-electron chi connectivity index (χ3n) is 4.03. The zero-order valence-corrected chi connectivity index (χ0v) is 14.2. The Hall–Kier alpha value is -2.82. The highest BCUT2D eigenvalue weighted by molar-refractivity contribution is 6.04. The highest BCUT2D eigenvalue weighted by Gasteiger charge is 2.25. The zero-order chi connectivity index (χ0) is 17.6. The van der Waals surface area contributed by atoms with E-state index in [-0.39, 0.29) is 24.5 Å². The van der Waals surface area contributed by atoms with Gasteiger partial charge in [0.1, 0.15) is 5.75 Å². The lowest BCUT2D eigenvalue weighted by atomic mass is 10.1. The zero-order valence-electron chi connectivity index (χ0n) is 14.2. The minimum Gasteiger partial charge on any atom is -0.484 e. The lowest BCUT2D eigenvalue weighted by molar-refractivity contribution is -0.118. The molecule has 1 saturated carbocycles. The van der Waals surface area contributed by atoms with E-state index in [0.717, 1.165) is 24.8 Å². The Morgan fingerprint density at radius 3 is 2.68 bits per heavy atom. The fraction of sp³-hybridized carbons (Fsp3) is 0.300. The van der Waals surface area contributed by atoms with Crippen molar-refractivity contribution in [2.24, 2.45) is 0 Å². The standard InChI is InChI=1S/C20H22N2O3/c1-2-14-6-5-7-16(12-14)25-13-19(23)22-18-9-4-3-8-17(18)20(24)21-15-10-11-15/h3-9,12,15H,2,10-11,13H2,1H3,(H,21,24)(H,22,23). The maximum atomic E-state index is 12.3.